The third kappa shape index (κ3) is 4.60. The van der Waals surface area contributed by atoms with Gasteiger partial charge in [-0.1, -0.05) is 109 Å². The molecule has 0 fully saturated rings. The first-order valence-electron chi connectivity index (χ1n) is 15.2. The molecule has 0 saturated heterocycles. The van der Waals surface area contributed by atoms with Crippen molar-refractivity contribution in [3.05, 3.63) is 146 Å². The molecule has 0 spiro atoms. The van der Waals surface area contributed by atoms with E-state index in [0.717, 1.165) is 38.5 Å². The Morgan fingerprint density at radius 2 is 1.38 bits per heavy atom. The molecule has 4 nitrogen and oxygen atoms in total. The van der Waals surface area contributed by atoms with E-state index >= 15 is 0 Å². The van der Waals surface area contributed by atoms with Crippen LogP contribution in [0.5, 0.6) is 5.75 Å². The van der Waals surface area contributed by atoms with Gasteiger partial charge in [-0.2, -0.15) is 0 Å². The molecule has 1 N–H and O–H groups in total. The lowest BCUT2D eigenvalue weighted by Crippen LogP contribution is -2.54. The van der Waals surface area contributed by atoms with Crippen LogP contribution in [0.4, 0.5) is 0 Å². The molecular weight excluding hydrogens is 567 g/mol. The standard InChI is InChI=1S/C40H31N3OSi/c1-45(2,39-26-30(22-23-41-39)29-19-18-27-10-3-4-11-28(27)24-29)32-13-9-12-31(25-32)35-21-20-34-33-14-5-6-15-36(33)43(40(34)42-35)37-16-7-8-17-38(37)44/h3-26,44H,1-2H3. The molecule has 8 aromatic rings. The molecule has 3 aromatic heterocycles. The van der Waals surface area contributed by atoms with E-state index in [2.05, 4.69) is 121 Å². The highest BCUT2D eigenvalue weighted by molar-refractivity contribution is 7.00. The first-order valence-corrected chi connectivity index (χ1v) is 18.2. The highest BCUT2D eigenvalue weighted by Gasteiger charge is 2.28. The van der Waals surface area contributed by atoms with Crippen LogP contribution in [0.2, 0.25) is 13.1 Å². The van der Waals surface area contributed by atoms with Crippen molar-refractivity contribution >= 4 is 51.3 Å². The molecule has 0 amide bonds. The van der Waals surface area contributed by atoms with Crippen LogP contribution in [0.3, 0.4) is 0 Å². The number of para-hydroxylation sites is 3. The van der Waals surface area contributed by atoms with Crippen LogP contribution in [0, 0.1) is 0 Å². The van der Waals surface area contributed by atoms with E-state index < -0.39 is 8.07 Å². The van der Waals surface area contributed by atoms with Crippen molar-refractivity contribution in [2.75, 3.05) is 0 Å². The normalized spacial score (nSPS) is 11.9. The second-order valence-corrected chi connectivity index (χ2v) is 16.4. The van der Waals surface area contributed by atoms with Crippen molar-refractivity contribution in [3.63, 3.8) is 0 Å². The number of hydrogen-bond acceptors (Lipinski definition) is 3. The Bertz CT molecular complexity index is 2390. The highest BCUT2D eigenvalue weighted by Crippen LogP contribution is 2.35. The van der Waals surface area contributed by atoms with E-state index in [1.165, 1.54) is 27.1 Å². The fourth-order valence-corrected chi connectivity index (χ4v) is 8.67. The van der Waals surface area contributed by atoms with E-state index in [1.807, 2.05) is 36.5 Å². The van der Waals surface area contributed by atoms with Gasteiger partial charge in [-0.15, -0.1) is 0 Å². The van der Waals surface area contributed by atoms with Gasteiger partial charge in [0.25, 0.3) is 0 Å². The number of rotatable bonds is 5. The molecule has 0 radical (unpaired) electrons. The molecule has 0 aliphatic carbocycles. The molecule has 216 valence electrons. The van der Waals surface area contributed by atoms with Crippen molar-refractivity contribution in [2.45, 2.75) is 13.1 Å². The lowest BCUT2D eigenvalue weighted by molar-refractivity contribution is 0.473. The molecule has 0 unspecified atom stereocenters. The Morgan fingerprint density at radius 3 is 2.27 bits per heavy atom. The van der Waals surface area contributed by atoms with Crippen LogP contribution in [-0.2, 0) is 0 Å². The van der Waals surface area contributed by atoms with Gasteiger partial charge in [0.1, 0.15) is 19.5 Å². The fourth-order valence-electron chi connectivity index (χ4n) is 6.43. The molecule has 0 atom stereocenters. The van der Waals surface area contributed by atoms with Crippen molar-refractivity contribution in [1.29, 1.82) is 0 Å². The predicted molar refractivity (Wildman–Crippen MR) is 190 cm³/mol. The Balaban J connectivity index is 1.21. The van der Waals surface area contributed by atoms with Gasteiger partial charge in [-0.25, -0.2) is 4.98 Å². The van der Waals surface area contributed by atoms with Crippen LogP contribution >= 0.6 is 0 Å². The monoisotopic (exact) mass is 597 g/mol. The maximum atomic E-state index is 10.8. The lowest BCUT2D eigenvalue weighted by atomic mass is 10.0. The van der Waals surface area contributed by atoms with Gasteiger partial charge in [-0.3, -0.25) is 9.55 Å². The molecule has 0 aliphatic heterocycles. The highest BCUT2D eigenvalue weighted by atomic mass is 28.3. The third-order valence-corrected chi connectivity index (χ3v) is 12.3. The number of phenols is 1. The number of aromatic hydroxyl groups is 1. The van der Waals surface area contributed by atoms with Gasteiger partial charge >= 0.3 is 0 Å². The number of aromatic nitrogens is 3. The molecular formula is C40H31N3OSi. The first-order chi connectivity index (χ1) is 22.0. The largest absolute Gasteiger partial charge is 0.506 e. The Kier molecular flexibility index (Phi) is 6.36. The zero-order valence-corrected chi connectivity index (χ0v) is 26.1. The van der Waals surface area contributed by atoms with Crippen LogP contribution in [-0.4, -0.2) is 27.7 Å². The predicted octanol–water partition coefficient (Wildman–Crippen LogP) is 8.59. The molecule has 0 aliphatic rings. The minimum Gasteiger partial charge on any atom is -0.506 e. The van der Waals surface area contributed by atoms with Crippen molar-refractivity contribution in [1.82, 2.24) is 14.5 Å². The van der Waals surface area contributed by atoms with Crippen LogP contribution in [0.25, 0.3) is 60.8 Å². The fraction of sp³-hybridized carbons (Fsp3) is 0.0500. The molecule has 5 heteroatoms. The van der Waals surface area contributed by atoms with Gasteiger partial charge in [-0.05, 0) is 70.4 Å². The van der Waals surface area contributed by atoms with Crippen LogP contribution < -0.4 is 10.5 Å². The number of benzene rings is 5. The van der Waals surface area contributed by atoms with Gasteiger partial charge in [0, 0.05) is 27.8 Å². The third-order valence-electron chi connectivity index (χ3n) is 9.01. The van der Waals surface area contributed by atoms with Gasteiger partial charge in [0.05, 0.1) is 16.9 Å². The number of hydrogen-bond donors (Lipinski definition) is 1. The van der Waals surface area contributed by atoms with Crippen LogP contribution in [0.15, 0.2) is 146 Å². The Morgan fingerprint density at radius 1 is 0.600 bits per heavy atom. The first kappa shape index (κ1) is 27.1. The average molecular weight is 598 g/mol. The van der Waals surface area contributed by atoms with Gasteiger partial charge in [0.15, 0.2) is 0 Å². The molecule has 45 heavy (non-hydrogen) atoms. The lowest BCUT2D eigenvalue weighted by Gasteiger charge is -2.23. The average Bonchev–Trinajstić information content (AvgIpc) is 3.42. The summed E-state index contributed by atoms with van der Waals surface area (Å²) in [6.07, 6.45) is 1.95. The summed E-state index contributed by atoms with van der Waals surface area (Å²) >= 11 is 0. The summed E-state index contributed by atoms with van der Waals surface area (Å²) in [6.45, 7) is 4.73. The summed E-state index contributed by atoms with van der Waals surface area (Å²) in [5, 5.41) is 17.9. The molecule has 5 aromatic carbocycles. The number of pyridine rings is 2. The summed E-state index contributed by atoms with van der Waals surface area (Å²) in [4.78, 5) is 10.1. The summed E-state index contributed by atoms with van der Waals surface area (Å²) in [5.41, 5.74) is 6.90. The summed E-state index contributed by atoms with van der Waals surface area (Å²) in [6, 6.07) is 48.3. The zero-order valence-electron chi connectivity index (χ0n) is 25.1. The molecule has 0 bridgehead atoms. The quantitative estimate of drug-likeness (QED) is 0.202. The Hall–Kier alpha value is -5.52. The maximum Gasteiger partial charge on any atom is 0.146 e. The van der Waals surface area contributed by atoms with Crippen molar-refractivity contribution in [3.8, 4) is 33.8 Å². The summed E-state index contributed by atoms with van der Waals surface area (Å²) in [7, 11) is -2.17. The topological polar surface area (TPSA) is 50.9 Å². The van der Waals surface area contributed by atoms with E-state index in [0.29, 0.717) is 5.69 Å². The summed E-state index contributed by atoms with van der Waals surface area (Å²) in [5.74, 6) is 0.223. The van der Waals surface area contributed by atoms with E-state index in [9.17, 15) is 5.11 Å². The SMILES string of the molecule is C[Si](C)(c1cccc(-c2ccc3c4ccccc4n(-c4ccccc4O)c3n2)c1)c1cc(-c2ccc3ccccc3c2)ccn1. The smallest absolute Gasteiger partial charge is 0.146 e. The zero-order chi connectivity index (χ0) is 30.5. The van der Waals surface area contributed by atoms with E-state index in [1.54, 1.807) is 6.07 Å². The number of phenolic OH excluding ortho intramolecular Hbond substituents is 1. The van der Waals surface area contributed by atoms with Gasteiger partial charge < -0.3 is 5.11 Å². The summed E-state index contributed by atoms with van der Waals surface area (Å²) < 4.78 is 2.06. The number of fused-ring (bicyclic) bond motifs is 4. The minimum atomic E-state index is -2.17. The van der Waals surface area contributed by atoms with Gasteiger partial charge in [0.2, 0.25) is 0 Å². The Labute approximate surface area is 262 Å². The second-order valence-electron chi connectivity index (χ2n) is 12.1. The minimum absolute atomic E-state index is 0.223. The van der Waals surface area contributed by atoms with E-state index in [-0.39, 0.29) is 5.75 Å². The second kappa shape index (κ2) is 10.6. The van der Waals surface area contributed by atoms with E-state index in [4.69, 9.17) is 9.97 Å². The van der Waals surface area contributed by atoms with Crippen LogP contribution in [0.1, 0.15) is 0 Å². The van der Waals surface area contributed by atoms with Crippen molar-refractivity contribution in [2.24, 2.45) is 0 Å². The maximum absolute atomic E-state index is 10.8. The van der Waals surface area contributed by atoms with Crippen molar-refractivity contribution < 1.29 is 5.11 Å². The molecule has 8 rings (SSSR count). The molecule has 0 saturated carbocycles. The molecule has 3 heterocycles. The number of nitrogens with zero attached hydrogens (tertiary/aromatic N) is 3.